The Bertz CT molecular complexity index is 648. The summed E-state index contributed by atoms with van der Waals surface area (Å²) in [6.45, 7) is 1.11. The van der Waals surface area contributed by atoms with Crippen LogP contribution in [-0.4, -0.2) is 53.9 Å². The average molecular weight is 338 g/mol. The summed E-state index contributed by atoms with van der Waals surface area (Å²) in [7, 11) is 0. The number of nitrogens with one attached hydrogen (secondary N) is 1. The maximum atomic E-state index is 12.5. The molecule has 0 radical (unpaired) electrons. The van der Waals surface area contributed by atoms with Crippen molar-refractivity contribution in [3.63, 3.8) is 0 Å². The second kappa shape index (κ2) is 6.45. The van der Waals surface area contributed by atoms with Gasteiger partial charge in [-0.15, -0.1) is 0 Å². The molecule has 0 aliphatic carbocycles. The monoisotopic (exact) mass is 337 g/mol. The van der Waals surface area contributed by atoms with Crippen LogP contribution in [0.15, 0.2) is 18.2 Å². The summed E-state index contributed by atoms with van der Waals surface area (Å²) in [6, 6.07) is 4.73. The fourth-order valence-electron chi connectivity index (χ4n) is 2.59. The largest absolute Gasteiger partial charge is 0.491 e. The van der Waals surface area contributed by atoms with Crippen LogP contribution in [0.5, 0.6) is 5.75 Å². The van der Waals surface area contributed by atoms with Crippen molar-refractivity contribution in [1.82, 2.24) is 15.1 Å². The van der Waals surface area contributed by atoms with Gasteiger partial charge < -0.3 is 15.0 Å². The summed E-state index contributed by atoms with van der Waals surface area (Å²) < 4.78 is 5.60. The molecule has 2 heterocycles. The SMILES string of the molecule is O=C(CN1C(=O)CCNC1=O)N1CCOc2ccc(Cl)cc2C1. The number of ether oxygens (including phenoxy) is 1. The van der Waals surface area contributed by atoms with Gasteiger partial charge in [-0.1, -0.05) is 11.6 Å². The topological polar surface area (TPSA) is 79.0 Å². The van der Waals surface area contributed by atoms with Gasteiger partial charge in [0.25, 0.3) is 0 Å². The predicted octanol–water partition coefficient (Wildman–Crippen LogP) is 1.00. The van der Waals surface area contributed by atoms with Crippen LogP contribution in [0.1, 0.15) is 12.0 Å². The fourth-order valence-corrected chi connectivity index (χ4v) is 2.79. The number of rotatable bonds is 2. The smallest absolute Gasteiger partial charge is 0.324 e. The van der Waals surface area contributed by atoms with Crippen molar-refractivity contribution >= 4 is 29.4 Å². The standard InChI is InChI=1S/C15H16ClN3O4/c16-11-1-2-12-10(7-11)8-18(5-6-23-12)14(21)9-19-13(20)3-4-17-15(19)22/h1-2,7H,3-6,8-9H2,(H,17,22). The summed E-state index contributed by atoms with van der Waals surface area (Å²) >= 11 is 5.99. The van der Waals surface area contributed by atoms with E-state index in [-0.39, 0.29) is 24.8 Å². The van der Waals surface area contributed by atoms with E-state index in [9.17, 15) is 14.4 Å². The van der Waals surface area contributed by atoms with E-state index in [2.05, 4.69) is 5.32 Å². The number of carbonyl (C=O) groups is 3. The molecule has 23 heavy (non-hydrogen) atoms. The second-order valence-electron chi connectivity index (χ2n) is 5.38. The Hall–Kier alpha value is -2.28. The lowest BCUT2D eigenvalue weighted by Crippen LogP contribution is -2.53. The molecule has 2 aliphatic rings. The Morgan fingerprint density at radius 3 is 2.96 bits per heavy atom. The minimum absolute atomic E-state index is 0.209. The first-order chi connectivity index (χ1) is 11.0. The molecule has 8 heteroatoms. The zero-order valence-electron chi connectivity index (χ0n) is 12.4. The minimum Gasteiger partial charge on any atom is -0.491 e. The van der Waals surface area contributed by atoms with Crippen molar-refractivity contribution in [2.45, 2.75) is 13.0 Å². The van der Waals surface area contributed by atoms with E-state index in [0.717, 1.165) is 10.5 Å². The quantitative estimate of drug-likeness (QED) is 0.873. The molecule has 0 saturated carbocycles. The molecule has 122 valence electrons. The third kappa shape index (κ3) is 3.39. The first-order valence-electron chi connectivity index (χ1n) is 7.32. The van der Waals surface area contributed by atoms with Gasteiger partial charge in [0, 0.05) is 30.1 Å². The molecule has 1 aromatic rings. The van der Waals surface area contributed by atoms with E-state index < -0.39 is 6.03 Å². The van der Waals surface area contributed by atoms with Crippen molar-refractivity contribution in [2.24, 2.45) is 0 Å². The van der Waals surface area contributed by atoms with E-state index in [4.69, 9.17) is 16.3 Å². The lowest BCUT2D eigenvalue weighted by atomic mass is 10.2. The van der Waals surface area contributed by atoms with Crippen LogP contribution < -0.4 is 10.1 Å². The van der Waals surface area contributed by atoms with Gasteiger partial charge in [0.2, 0.25) is 11.8 Å². The van der Waals surface area contributed by atoms with Crippen molar-refractivity contribution in [3.8, 4) is 5.75 Å². The zero-order valence-corrected chi connectivity index (χ0v) is 13.1. The summed E-state index contributed by atoms with van der Waals surface area (Å²) in [6.07, 6.45) is 0.209. The number of hydrogen-bond acceptors (Lipinski definition) is 4. The molecule has 3 rings (SSSR count). The normalized spacial score (nSPS) is 18.0. The Morgan fingerprint density at radius 2 is 2.17 bits per heavy atom. The second-order valence-corrected chi connectivity index (χ2v) is 5.81. The highest BCUT2D eigenvalue weighted by Gasteiger charge is 2.30. The predicted molar refractivity (Wildman–Crippen MR) is 82.1 cm³/mol. The van der Waals surface area contributed by atoms with Gasteiger partial charge >= 0.3 is 6.03 Å². The van der Waals surface area contributed by atoms with Gasteiger partial charge in [-0.3, -0.25) is 14.5 Å². The molecule has 2 aliphatic heterocycles. The molecule has 7 nitrogen and oxygen atoms in total. The highest BCUT2D eigenvalue weighted by molar-refractivity contribution is 6.30. The highest BCUT2D eigenvalue weighted by atomic mass is 35.5. The van der Waals surface area contributed by atoms with E-state index >= 15 is 0 Å². The maximum Gasteiger partial charge on any atom is 0.324 e. The van der Waals surface area contributed by atoms with Crippen LogP contribution in [0.25, 0.3) is 0 Å². The van der Waals surface area contributed by atoms with Gasteiger partial charge in [0.1, 0.15) is 18.9 Å². The molecule has 4 amide bonds. The molecular formula is C15H16ClN3O4. The average Bonchev–Trinajstić information content (AvgIpc) is 2.72. The molecule has 1 saturated heterocycles. The molecule has 1 N–H and O–H groups in total. The molecule has 1 fully saturated rings. The van der Waals surface area contributed by atoms with Crippen LogP contribution in [0.4, 0.5) is 4.79 Å². The van der Waals surface area contributed by atoms with Crippen molar-refractivity contribution in [1.29, 1.82) is 0 Å². The Kier molecular flexibility index (Phi) is 4.38. The van der Waals surface area contributed by atoms with Crippen molar-refractivity contribution in [3.05, 3.63) is 28.8 Å². The number of nitrogens with zero attached hydrogens (tertiary/aromatic N) is 2. The number of urea groups is 1. The maximum absolute atomic E-state index is 12.5. The summed E-state index contributed by atoms with van der Waals surface area (Å²) in [5, 5.41) is 3.12. The van der Waals surface area contributed by atoms with Crippen LogP contribution in [-0.2, 0) is 16.1 Å². The number of halogens is 1. The number of imide groups is 1. The Balaban J connectivity index is 1.72. The molecule has 0 spiro atoms. The van der Waals surface area contributed by atoms with E-state index in [0.29, 0.717) is 37.0 Å². The molecular weight excluding hydrogens is 322 g/mol. The zero-order chi connectivity index (χ0) is 16.4. The first kappa shape index (κ1) is 15.6. The van der Waals surface area contributed by atoms with E-state index in [1.54, 1.807) is 23.1 Å². The first-order valence-corrected chi connectivity index (χ1v) is 7.69. The summed E-state index contributed by atoms with van der Waals surface area (Å²) in [4.78, 5) is 38.5. The van der Waals surface area contributed by atoms with Crippen LogP contribution >= 0.6 is 11.6 Å². The van der Waals surface area contributed by atoms with Gasteiger partial charge in [-0.25, -0.2) is 4.79 Å². The van der Waals surface area contributed by atoms with Gasteiger partial charge in [0.05, 0.1) is 6.54 Å². The molecule has 0 atom stereocenters. The molecule has 0 unspecified atom stereocenters. The summed E-state index contributed by atoms with van der Waals surface area (Å²) in [5.41, 5.74) is 0.803. The van der Waals surface area contributed by atoms with Gasteiger partial charge in [0.15, 0.2) is 0 Å². The minimum atomic E-state index is -0.524. The number of hydrogen-bond donors (Lipinski definition) is 1. The third-order valence-electron chi connectivity index (χ3n) is 3.81. The van der Waals surface area contributed by atoms with E-state index in [1.807, 2.05) is 0 Å². The molecule has 0 aromatic heterocycles. The number of benzene rings is 1. The van der Waals surface area contributed by atoms with Crippen LogP contribution in [0.3, 0.4) is 0 Å². The van der Waals surface area contributed by atoms with Gasteiger partial charge in [-0.05, 0) is 18.2 Å². The molecule has 1 aromatic carbocycles. The number of carbonyl (C=O) groups excluding carboxylic acids is 3. The summed E-state index contributed by atoms with van der Waals surface area (Å²) in [5.74, 6) is 0.0555. The lowest BCUT2D eigenvalue weighted by molar-refractivity contribution is -0.139. The van der Waals surface area contributed by atoms with E-state index in [1.165, 1.54) is 0 Å². The van der Waals surface area contributed by atoms with Crippen LogP contribution in [0, 0.1) is 0 Å². The fraction of sp³-hybridized carbons (Fsp3) is 0.400. The van der Waals surface area contributed by atoms with Crippen molar-refractivity contribution in [2.75, 3.05) is 26.2 Å². The van der Waals surface area contributed by atoms with Crippen molar-refractivity contribution < 1.29 is 19.1 Å². The third-order valence-corrected chi connectivity index (χ3v) is 4.04. The van der Waals surface area contributed by atoms with Crippen LogP contribution in [0.2, 0.25) is 5.02 Å². The Labute approximate surface area is 138 Å². The number of fused-ring (bicyclic) bond motifs is 1. The lowest BCUT2D eigenvalue weighted by Gasteiger charge is -2.28. The number of amides is 4. The van der Waals surface area contributed by atoms with Gasteiger partial charge in [-0.2, -0.15) is 0 Å². The Morgan fingerprint density at radius 1 is 1.35 bits per heavy atom. The molecule has 0 bridgehead atoms. The highest BCUT2D eigenvalue weighted by Crippen LogP contribution is 2.26.